The lowest BCUT2D eigenvalue weighted by molar-refractivity contribution is -0.188. The van der Waals surface area contributed by atoms with Crippen LogP contribution in [0, 0.1) is 0 Å². The predicted octanol–water partition coefficient (Wildman–Crippen LogP) is 7.93. The highest BCUT2D eigenvalue weighted by Crippen LogP contribution is 2.37. The molecule has 2 heterocycles. The van der Waals surface area contributed by atoms with Gasteiger partial charge in [0.1, 0.15) is 11.5 Å². The lowest BCUT2D eigenvalue weighted by Crippen LogP contribution is -2.07. The van der Waals surface area contributed by atoms with E-state index in [0.717, 1.165) is 50.3 Å². The summed E-state index contributed by atoms with van der Waals surface area (Å²) in [6.07, 6.45) is 3.53. The minimum atomic E-state index is -0.984. The summed E-state index contributed by atoms with van der Waals surface area (Å²) >= 11 is 1.08. The summed E-state index contributed by atoms with van der Waals surface area (Å²) < 4.78 is 13.1. The van der Waals surface area contributed by atoms with Gasteiger partial charge in [-0.2, -0.15) is 0 Å². The first-order chi connectivity index (χ1) is 19.7. The smallest absolute Gasteiger partial charge is 0.335 e. The van der Waals surface area contributed by atoms with E-state index < -0.39 is 5.97 Å². The van der Waals surface area contributed by atoms with Crippen molar-refractivity contribution in [1.29, 1.82) is 0 Å². The molecule has 196 valence electrons. The van der Waals surface area contributed by atoms with E-state index in [1.54, 1.807) is 36.7 Å². The predicted molar refractivity (Wildman–Crippen MR) is 154 cm³/mol. The molecule has 4 aromatic carbocycles. The third-order valence-electron chi connectivity index (χ3n) is 6.21. The van der Waals surface area contributed by atoms with E-state index in [0.29, 0.717) is 11.4 Å². The molecule has 0 saturated heterocycles. The molecule has 6 aromatic rings. The molecule has 0 spiro atoms. The number of aromatic nitrogens is 2. The molecule has 0 fully saturated rings. The Morgan fingerprint density at radius 2 is 1.48 bits per heavy atom. The van der Waals surface area contributed by atoms with Gasteiger partial charge in [0, 0.05) is 33.2 Å². The first-order valence-corrected chi connectivity index (χ1v) is 13.1. The van der Waals surface area contributed by atoms with Crippen molar-refractivity contribution in [1.82, 2.24) is 9.71 Å². The van der Waals surface area contributed by atoms with Crippen LogP contribution in [0.4, 0.5) is 0 Å². The summed E-state index contributed by atoms with van der Waals surface area (Å²) in [5.41, 5.74) is 4.07. The van der Waals surface area contributed by atoms with Crippen molar-refractivity contribution in [3.8, 4) is 33.8 Å². The molecule has 0 aliphatic rings. The molecule has 0 saturated carbocycles. The van der Waals surface area contributed by atoms with Gasteiger partial charge in [0.15, 0.2) is 5.65 Å². The highest BCUT2D eigenvalue weighted by molar-refractivity contribution is 7.94. The summed E-state index contributed by atoms with van der Waals surface area (Å²) in [4.78, 5) is 22.6. The molecule has 8 heteroatoms. The monoisotopic (exact) mass is 546 g/mol. The Hall–Kier alpha value is -5.05. The van der Waals surface area contributed by atoms with Crippen molar-refractivity contribution in [3.05, 3.63) is 133 Å². The fourth-order valence-electron chi connectivity index (χ4n) is 4.28. The normalized spacial score (nSPS) is 10.9. The number of para-hydroxylation sites is 2. The highest BCUT2D eigenvalue weighted by Gasteiger charge is 2.17. The van der Waals surface area contributed by atoms with Crippen molar-refractivity contribution >= 4 is 29.0 Å². The maximum Gasteiger partial charge on any atom is 0.335 e. The number of ether oxygens (including phenoxy) is 1. The van der Waals surface area contributed by atoms with Gasteiger partial charge in [-0.1, -0.05) is 71.1 Å². The molecule has 7 nitrogen and oxygen atoms in total. The third-order valence-corrected chi connectivity index (χ3v) is 6.80. The summed E-state index contributed by atoms with van der Waals surface area (Å²) in [7, 11) is 0. The first-order valence-electron chi connectivity index (χ1n) is 12.4. The molecule has 0 bridgehead atoms. The largest absolute Gasteiger partial charge is 0.478 e. The van der Waals surface area contributed by atoms with Gasteiger partial charge < -0.3 is 9.84 Å². The molecular weight excluding hydrogens is 524 g/mol. The lowest BCUT2D eigenvalue weighted by Gasteiger charge is -2.11. The van der Waals surface area contributed by atoms with Crippen LogP contribution in [0.25, 0.3) is 33.3 Å². The standard InChI is InChI=1S/C32H22N2O5S/c35-32(36)23-17-15-22(16-18-23)29-21-34(38-39-40-26-11-5-2-6-12-26)31-28(29)19-24(20-33-31)27-13-7-8-14-30(27)37-25-9-3-1-4-10-25/h1-21H,(H,35,36). The Kier molecular flexibility index (Phi) is 7.17. The van der Waals surface area contributed by atoms with Gasteiger partial charge in [-0.25, -0.2) is 14.8 Å². The molecular formula is C32H22N2O5S. The van der Waals surface area contributed by atoms with Crippen molar-refractivity contribution in [2.75, 3.05) is 0 Å². The third kappa shape index (κ3) is 5.40. The zero-order valence-electron chi connectivity index (χ0n) is 21.0. The zero-order chi connectivity index (χ0) is 27.3. The second kappa shape index (κ2) is 11.4. The first kappa shape index (κ1) is 25.2. The summed E-state index contributed by atoms with van der Waals surface area (Å²) in [6.45, 7) is 0. The number of hydrogen-bond donors (Lipinski definition) is 1. The van der Waals surface area contributed by atoms with Crippen molar-refractivity contribution < 1.29 is 24.0 Å². The number of carboxylic acids is 1. The quantitative estimate of drug-likeness (QED) is 0.112. The van der Waals surface area contributed by atoms with Crippen molar-refractivity contribution in [2.45, 2.75) is 4.90 Å². The van der Waals surface area contributed by atoms with E-state index >= 15 is 0 Å². The van der Waals surface area contributed by atoms with Gasteiger partial charge in [0.2, 0.25) is 0 Å². The Morgan fingerprint density at radius 1 is 0.775 bits per heavy atom. The molecule has 1 N–H and O–H groups in total. The van der Waals surface area contributed by atoms with Crippen LogP contribution < -0.4 is 9.73 Å². The number of aromatic carboxylic acids is 1. The molecule has 0 radical (unpaired) electrons. The maximum absolute atomic E-state index is 11.4. The molecule has 6 rings (SSSR count). The Labute approximate surface area is 234 Å². The average Bonchev–Trinajstić information content (AvgIpc) is 3.36. The molecule has 40 heavy (non-hydrogen) atoms. The number of carboxylic acid groups (broad SMARTS) is 1. The molecule has 2 aromatic heterocycles. The second-order valence-corrected chi connectivity index (χ2v) is 9.57. The van der Waals surface area contributed by atoms with Crippen LogP contribution in [0.2, 0.25) is 0 Å². The fourth-order valence-corrected chi connectivity index (χ4v) is 4.72. The summed E-state index contributed by atoms with van der Waals surface area (Å²) in [5, 5.41) is 10.1. The Bertz CT molecular complexity index is 1770. The zero-order valence-corrected chi connectivity index (χ0v) is 21.8. The van der Waals surface area contributed by atoms with Crippen LogP contribution in [-0.2, 0) is 4.33 Å². The van der Waals surface area contributed by atoms with Crippen LogP contribution in [0.3, 0.4) is 0 Å². The topological polar surface area (TPSA) is 82.8 Å². The Balaban J connectivity index is 1.39. The van der Waals surface area contributed by atoms with E-state index in [9.17, 15) is 9.90 Å². The number of pyridine rings is 1. The van der Waals surface area contributed by atoms with Crippen molar-refractivity contribution in [2.24, 2.45) is 0 Å². The van der Waals surface area contributed by atoms with Crippen LogP contribution in [-0.4, -0.2) is 20.8 Å². The molecule has 0 unspecified atom stereocenters. The van der Waals surface area contributed by atoms with Gasteiger partial charge in [-0.05, 0) is 54.1 Å². The average molecular weight is 547 g/mol. The van der Waals surface area contributed by atoms with E-state index in [1.807, 2.05) is 91.0 Å². The van der Waals surface area contributed by atoms with Crippen LogP contribution in [0.5, 0.6) is 11.5 Å². The van der Waals surface area contributed by atoms with E-state index in [2.05, 4.69) is 0 Å². The van der Waals surface area contributed by atoms with Gasteiger partial charge in [-0.3, -0.25) is 0 Å². The van der Waals surface area contributed by atoms with Gasteiger partial charge >= 0.3 is 5.97 Å². The minimum absolute atomic E-state index is 0.206. The SMILES string of the molecule is O=C(O)c1ccc(-c2cn(OOSc3ccccc3)c3ncc(-c4ccccc4Oc4ccccc4)cc23)cc1. The molecule has 0 aliphatic carbocycles. The van der Waals surface area contributed by atoms with Crippen molar-refractivity contribution in [3.63, 3.8) is 0 Å². The lowest BCUT2D eigenvalue weighted by atomic mass is 10.0. The van der Waals surface area contributed by atoms with E-state index in [4.69, 9.17) is 19.0 Å². The Morgan fingerprint density at radius 3 is 2.23 bits per heavy atom. The van der Waals surface area contributed by atoms with Gasteiger partial charge in [0.25, 0.3) is 0 Å². The van der Waals surface area contributed by atoms with Gasteiger partial charge in [-0.15, -0.1) is 4.73 Å². The van der Waals surface area contributed by atoms with Gasteiger partial charge in [0.05, 0.1) is 23.8 Å². The highest BCUT2D eigenvalue weighted by atomic mass is 32.2. The maximum atomic E-state index is 11.4. The fraction of sp³-hybridized carbons (Fsp3) is 0. The van der Waals surface area contributed by atoms with Crippen LogP contribution in [0.15, 0.2) is 133 Å². The number of hydrogen-bond acceptors (Lipinski definition) is 6. The number of nitrogens with zero attached hydrogens (tertiary/aromatic N) is 2. The molecule has 0 atom stereocenters. The second-order valence-electron chi connectivity index (χ2n) is 8.80. The number of rotatable bonds is 9. The number of benzene rings is 4. The van der Waals surface area contributed by atoms with Crippen LogP contribution >= 0.6 is 12.0 Å². The molecule has 0 amide bonds. The minimum Gasteiger partial charge on any atom is -0.478 e. The molecule has 0 aliphatic heterocycles. The summed E-state index contributed by atoms with van der Waals surface area (Å²) in [5.74, 6) is 0.443. The van der Waals surface area contributed by atoms with Crippen LogP contribution in [0.1, 0.15) is 10.4 Å². The van der Waals surface area contributed by atoms with E-state index in [-0.39, 0.29) is 5.56 Å². The number of carbonyl (C=O) groups is 1. The number of fused-ring (bicyclic) bond motifs is 1. The summed E-state index contributed by atoms with van der Waals surface area (Å²) in [6, 6.07) is 35.6. The van der Waals surface area contributed by atoms with E-state index in [1.165, 1.54) is 4.73 Å².